The first-order valence-electron chi connectivity index (χ1n) is 10.2. The van der Waals surface area contributed by atoms with Crippen LogP contribution >= 0.6 is 0 Å². The molecule has 4 aliphatic carbocycles. The molecular weight excluding hydrogens is 378 g/mol. The van der Waals surface area contributed by atoms with E-state index >= 15 is 0 Å². The smallest absolute Gasteiger partial charge is 0.245 e. The Morgan fingerprint density at radius 2 is 1.36 bits per heavy atom. The van der Waals surface area contributed by atoms with E-state index in [2.05, 4.69) is 0 Å². The van der Waals surface area contributed by atoms with E-state index in [-0.39, 0.29) is 45.8 Å². The van der Waals surface area contributed by atoms with E-state index in [0.29, 0.717) is 42.2 Å². The predicted octanol–water partition coefficient (Wildman–Crippen LogP) is 0.597. The number of sulfone groups is 1. The molecule has 3 aliphatic heterocycles. The molecule has 7 nitrogen and oxygen atoms in total. The van der Waals surface area contributed by atoms with E-state index in [0.717, 1.165) is 0 Å². The maximum Gasteiger partial charge on any atom is 0.352 e. The van der Waals surface area contributed by atoms with E-state index < -0.39 is 9.84 Å². The number of nitrogens with zero attached hydrogens (tertiary/aromatic N) is 3. The summed E-state index contributed by atoms with van der Waals surface area (Å²) in [7, 11) is -3.03. The summed E-state index contributed by atoms with van der Waals surface area (Å²) in [5, 5.41) is 0. The molecule has 4 saturated carbocycles. The molecule has 8 heteroatoms. The average Bonchev–Trinajstić information content (AvgIpc) is 3.45. The zero-order chi connectivity index (χ0) is 18.8. The van der Waals surface area contributed by atoms with Crippen molar-refractivity contribution in [2.24, 2.45) is 34.5 Å². The van der Waals surface area contributed by atoms with Crippen molar-refractivity contribution in [3.8, 4) is 5.69 Å². The lowest BCUT2D eigenvalue weighted by atomic mass is 9.69. The maximum atomic E-state index is 13.4. The summed E-state index contributed by atoms with van der Waals surface area (Å²) in [4.78, 5) is 26.9. The highest BCUT2D eigenvalue weighted by molar-refractivity contribution is 7.91. The molecule has 2 aromatic rings. The van der Waals surface area contributed by atoms with Crippen LogP contribution < -0.4 is 11.4 Å². The van der Waals surface area contributed by atoms with Crippen molar-refractivity contribution in [1.82, 2.24) is 13.9 Å². The number of benzene rings is 1. The van der Waals surface area contributed by atoms with Gasteiger partial charge in [0, 0.05) is 10.8 Å². The highest BCUT2D eigenvalue weighted by Gasteiger charge is 3.02. The van der Waals surface area contributed by atoms with Crippen LogP contribution in [-0.4, -0.2) is 33.9 Å². The molecule has 2 bridgehead atoms. The molecule has 28 heavy (non-hydrogen) atoms. The van der Waals surface area contributed by atoms with Gasteiger partial charge in [0.25, 0.3) is 0 Å². The van der Waals surface area contributed by atoms with Crippen LogP contribution in [0.15, 0.2) is 39.9 Å². The first-order valence-corrected chi connectivity index (χ1v) is 12.0. The Morgan fingerprint density at radius 1 is 0.821 bits per heavy atom. The number of para-hydroxylation sites is 1. The Morgan fingerprint density at radius 3 is 1.89 bits per heavy atom. The fourth-order valence-corrected chi connectivity index (χ4v) is 10.5. The zero-order valence-corrected chi connectivity index (χ0v) is 15.9. The van der Waals surface area contributed by atoms with Crippen LogP contribution in [-0.2, 0) is 9.84 Å². The molecule has 9 rings (SSSR count). The predicted molar refractivity (Wildman–Crippen MR) is 99.1 cm³/mol. The normalized spacial score (nSPS) is 49.3. The van der Waals surface area contributed by atoms with E-state index in [4.69, 9.17) is 0 Å². The molecule has 8 atom stereocenters. The minimum absolute atomic E-state index is 0.0102. The summed E-state index contributed by atoms with van der Waals surface area (Å²) in [5.41, 5.74) is -0.0239. The lowest BCUT2D eigenvalue weighted by Crippen LogP contribution is -2.52. The Bertz CT molecular complexity index is 1260. The van der Waals surface area contributed by atoms with Crippen LogP contribution in [0.25, 0.3) is 5.69 Å². The van der Waals surface area contributed by atoms with Crippen molar-refractivity contribution in [2.45, 2.75) is 24.9 Å². The first-order chi connectivity index (χ1) is 13.5. The molecule has 1 aromatic carbocycles. The second-order valence-electron chi connectivity index (χ2n) is 9.76. The van der Waals surface area contributed by atoms with Gasteiger partial charge in [0.05, 0.1) is 29.3 Å². The van der Waals surface area contributed by atoms with Crippen LogP contribution in [0, 0.1) is 34.5 Å². The van der Waals surface area contributed by atoms with Crippen LogP contribution in [0.1, 0.15) is 24.9 Å². The largest absolute Gasteiger partial charge is 0.352 e. The van der Waals surface area contributed by atoms with Crippen molar-refractivity contribution in [3.05, 3.63) is 51.3 Å². The molecule has 144 valence electrons. The van der Waals surface area contributed by atoms with Crippen LogP contribution in [0.4, 0.5) is 0 Å². The van der Waals surface area contributed by atoms with Gasteiger partial charge in [-0.1, -0.05) is 18.2 Å². The third kappa shape index (κ3) is 1.14. The van der Waals surface area contributed by atoms with Crippen molar-refractivity contribution >= 4 is 9.84 Å². The van der Waals surface area contributed by atoms with Gasteiger partial charge in [0.2, 0.25) is 0 Å². The number of aromatic nitrogens is 3. The van der Waals surface area contributed by atoms with Crippen molar-refractivity contribution in [1.29, 1.82) is 0 Å². The second kappa shape index (κ2) is 3.84. The van der Waals surface area contributed by atoms with Gasteiger partial charge in [-0.05, 0) is 48.6 Å². The van der Waals surface area contributed by atoms with Crippen LogP contribution in [0.3, 0.4) is 0 Å². The highest BCUT2D eigenvalue weighted by Crippen LogP contribution is 3.04. The average molecular weight is 397 g/mol. The van der Waals surface area contributed by atoms with Gasteiger partial charge in [-0.2, -0.15) is 0 Å². The van der Waals surface area contributed by atoms with E-state index in [1.165, 1.54) is 4.57 Å². The van der Waals surface area contributed by atoms with Crippen molar-refractivity contribution < 1.29 is 8.42 Å². The number of hydrogen-bond acceptors (Lipinski definition) is 4. The van der Waals surface area contributed by atoms with Gasteiger partial charge in [0.15, 0.2) is 0 Å². The highest BCUT2D eigenvalue weighted by atomic mass is 32.2. The Kier molecular flexibility index (Phi) is 2.03. The summed E-state index contributed by atoms with van der Waals surface area (Å²) in [5.74, 6) is 2.54. The van der Waals surface area contributed by atoms with Gasteiger partial charge in [-0.3, -0.25) is 0 Å². The zero-order valence-electron chi connectivity index (χ0n) is 15.1. The molecule has 0 radical (unpaired) electrons. The molecule has 2 spiro atoms. The van der Waals surface area contributed by atoms with Crippen LogP contribution in [0.5, 0.6) is 0 Å². The standard InChI is InChI=1S/C20H19N3O4S/c24-17-21(10-4-2-1-3-5-10)18(25)23-16-13-11-12(13)15(22(17)23)19-6-8-28(26,27)9-7-20(16,19)14(11)19/h1-5,11-16H,6-9H2/t11?,12-,13+,14?,15-,16-,19+,20+/m0/s1. The van der Waals surface area contributed by atoms with Crippen molar-refractivity contribution in [2.75, 3.05) is 11.5 Å². The van der Waals surface area contributed by atoms with E-state index in [1.54, 1.807) is 21.5 Å². The second-order valence-corrected chi connectivity index (χ2v) is 12.1. The van der Waals surface area contributed by atoms with E-state index in [9.17, 15) is 18.0 Å². The SMILES string of the molecule is O=c1n(-c2ccccc2)c(=O)n2n1[C@H]1[C@@H]3C4C5[C@]16CCS(=O)(=O)CC[C@]56[C@@H]2[C@@H]43. The lowest BCUT2D eigenvalue weighted by Gasteiger charge is -2.47. The Balaban J connectivity index is 1.42. The maximum absolute atomic E-state index is 13.4. The molecular formula is C20H19N3O4S. The lowest BCUT2D eigenvalue weighted by molar-refractivity contribution is -0.00192. The molecule has 1 saturated heterocycles. The molecule has 4 heterocycles. The van der Waals surface area contributed by atoms with Gasteiger partial charge in [0.1, 0.15) is 9.84 Å². The van der Waals surface area contributed by atoms with Gasteiger partial charge in [-0.25, -0.2) is 31.9 Å². The molecule has 0 N–H and O–H groups in total. The summed E-state index contributed by atoms with van der Waals surface area (Å²) in [6, 6.07) is 9.16. The summed E-state index contributed by atoms with van der Waals surface area (Å²) < 4.78 is 29.6. The summed E-state index contributed by atoms with van der Waals surface area (Å²) in [6.07, 6.45) is 1.33. The summed E-state index contributed by atoms with van der Waals surface area (Å²) >= 11 is 0. The molecule has 1 aromatic heterocycles. The Labute approximate surface area is 160 Å². The van der Waals surface area contributed by atoms with Gasteiger partial charge >= 0.3 is 11.4 Å². The van der Waals surface area contributed by atoms with Crippen LogP contribution in [0.2, 0.25) is 0 Å². The minimum atomic E-state index is -3.03. The molecule has 7 aliphatic rings. The molecule has 0 amide bonds. The third-order valence-electron chi connectivity index (χ3n) is 9.46. The van der Waals surface area contributed by atoms with E-state index in [1.807, 2.05) is 18.2 Å². The fraction of sp³-hybridized carbons (Fsp3) is 0.600. The first kappa shape index (κ1) is 14.8. The van der Waals surface area contributed by atoms with Crippen molar-refractivity contribution in [3.63, 3.8) is 0 Å². The number of rotatable bonds is 1. The van der Waals surface area contributed by atoms with Gasteiger partial charge < -0.3 is 0 Å². The minimum Gasteiger partial charge on any atom is -0.245 e. The monoisotopic (exact) mass is 397 g/mol. The number of hydrogen-bond donors (Lipinski definition) is 0. The Hall–Kier alpha value is -2.09. The fourth-order valence-electron chi connectivity index (χ4n) is 9.01. The molecule has 2 unspecified atom stereocenters. The molecule has 5 fully saturated rings. The summed E-state index contributed by atoms with van der Waals surface area (Å²) in [6.45, 7) is 0. The topological polar surface area (TPSA) is 83.1 Å². The van der Waals surface area contributed by atoms with Gasteiger partial charge in [-0.15, -0.1) is 0 Å². The third-order valence-corrected chi connectivity index (χ3v) is 11.1. The quantitative estimate of drug-likeness (QED) is 0.706.